The maximum absolute atomic E-state index is 12.0. The van der Waals surface area contributed by atoms with Crippen LogP contribution >= 0.6 is 0 Å². The number of hydrogen-bond donors (Lipinski definition) is 0. The first-order valence-electron chi connectivity index (χ1n) is 7.08. The smallest absolute Gasteiger partial charge is 0.333 e. The van der Waals surface area contributed by atoms with Gasteiger partial charge in [0.05, 0.1) is 5.92 Å². The van der Waals surface area contributed by atoms with E-state index in [9.17, 15) is 9.59 Å². The van der Waals surface area contributed by atoms with Crippen LogP contribution in [0.1, 0.15) is 32.6 Å². The van der Waals surface area contributed by atoms with Gasteiger partial charge in [-0.15, -0.1) is 0 Å². The van der Waals surface area contributed by atoms with Gasteiger partial charge in [-0.05, 0) is 43.9 Å². The van der Waals surface area contributed by atoms with E-state index in [1.54, 1.807) is 6.92 Å². The molecule has 3 saturated carbocycles. The first-order chi connectivity index (χ1) is 9.01. The number of esters is 2. The lowest BCUT2D eigenvalue weighted by molar-refractivity contribution is -0.219. The Morgan fingerprint density at radius 2 is 2.21 bits per heavy atom. The molecule has 1 aliphatic heterocycles. The summed E-state index contributed by atoms with van der Waals surface area (Å²) in [5.41, 5.74) is 0.595. The highest BCUT2D eigenvalue weighted by Gasteiger charge is 2.71. The van der Waals surface area contributed by atoms with E-state index in [2.05, 4.69) is 6.58 Å². The second kappa shape index (κ2) is 3.41. The van der Waals surface area contributed by atoms with Gasteiger partial charge in [0, 0.05) is 11.5 Å². The molecule has 1 saturated heterocycles. The summed E-state index contributed by atoms with van der Waals surface area (Å²) >= 11 is 0. The van der Waals surface area contributed by atoms with Crippen LogP contribution in [-0.2, 0) is 19.1 Å². The Morgan fingerprint density at radius 1 is 1.42 bits per heavy atom. The van der Waals surface area contributed by atoms with Crippen molar-refractivity contribution in [1.82, 2.24) is 0 Å². The fourth-order valence-electron chi connectivity index (χ4n) is 4.96. The standard InChI is InChI=1S/C15H18O4/c1-7(2)13(16)19-12-8-3-9-4-10-14(17)18-11(12)6-15(9,10)5-8/h8-12H,1,3-6H2,2H3/t8?,9?,10?,11?,12-,15?/m1/s1. The molecule has 3 aliphatic carbocycles. The molecule has 6 atom stereocenters. The number of carbonyl (C=O) groups excluding carboxylic acids is 2. The third-order valence-electron chi connectivity index (χ3n) is 5.81. The summed E-state index contributed by atoms with van der Waals surface area (Å²) in [5, 5.41) is 0. The van der Waals surface area contributed by atoms with Gasteiger partial charge in [0.1, 0.15) is 12.2 Å². The molecule has 0 N–H and O–H groups in total. The zero-order chi connectivity index (χ0) is 13.4. The molecule has 1 spiro atoms. The molecule has 1 heterocycles. The van der Waals surface area contributed by atoms with Crippen LogP contribution in [0.25, 0.3) is 0 Å². The third kappa shape index (κ3) is 1.30. The SMILES string of the molecule is C=C(C)C(=O)O[C@@H]1C2CC3CC4C(=O)OC1CC34C2. The predicted molar refractivity (Wildman–Crippen MR) is 65.9 cm³/mol. The lowest BCUT2D eigenvalue weighted by Crippen LogP contribution is -2.60. The van der Waals surface area contributed by atoms with Gasteiger partial charge in [-0.1, -0.05) is 6.58 Å². The second-order valence-corrected chi connectivity index (χ2v) is 6.75. The van der Waals surface area contributed by atoms with Crippen molar-refractivity contribution in [2.24, 2.45) is 23.2 Å². The molecule has 4 rings (SSSR count). The van der Waals surface area contributed by atoms with Gasteiger partial charge in [-0.2, -0.15) is 0 Å². The molecule has 4 nitrogen and oxygen atoms in total. The van der Waals surface area contributed by atoms with Crippen LogP contribution in [0.4, 0.5) is 0 Å². The van der Waals surface area contributed by atoms with Gasteiger partial charge in [0.25, 0.3) is 0 Å². The molecule has 4 aliphatic rings. The summed E-state index contributed by atoms with van der Waals surface area (Å²) < 4.78 is 11.1. The van der Waals surface area contributed by atoms with Gasteiger partial charge in [0.2, 0.25) is 0 Å². The minimum Gasteiger partial charge on any atom is -0.458 e. The maximum Gasteiger partial charge on any atom is 0.333 e. The van der Waals surface area contributed by atoms with Crippen molar-refractivity contribution in [2.75, 3.05) is 0 Å². The molecule has 5 unspecified atom stereocenters. The van der Waals surface area contributed by atoms with E-state index >= 15 is 0 Å². The minimum atomic E-state index is -0.363. The van der Waals surface area contributed by atoms with E-state index in [0.717, 1.165) is 25.7 Å². The Labute approximate surface area is 112 Å². The van der Waals surface area contributed by atoms with Crippen LogP contribution < -0.4 is 0 Å². The van der Waals surface area contributed by atoms with Crippen LogP contribution in [-0.4, -0.2) is 24.1 Å². The molecule has 0 aromatic carbocycles. The predicted octanol–water partition coefficient (Wildman–Crippen LogP) is 1.84. The normalized spacial score (nSPS) is 49.1. The molecule has 4 fully saturated rings. The van der Waals surface area contributed by atoms with E-state index in [0.29, 0.717) is 17.4 Å². The molecular weight excluding hydrogens is 244 g/mol. The highest BCUT2D eigenvalue weighted by Crippen LogP contribution is 2.71. The second-order valence-electron chi connectivity index (χ2n) is 6.75. The fraction of sp³-hybridized carbons (Fsp3) is 0.733. The summed E-state index contributed by atoms with van der Waals surface area (Å²) in [6.45, 7) is 5.26. The summed E-state index contributed by atoms with van der Waals surface area (Å²) in [6.07, 6.45) is 3.49. The van der Waals surface area contributed by atoms with Gasteiger partial charge >= 0.3 is 11.9 Å². The van der Waals surface area contributed by atoms with Crippen LogP contribution in [0.2, 0.25) is 0 Å². The third-order valence-corrected chi connectivity index (χ3v) is 5.81. The van der Waals surface area contributed by atoms with E-state index in [1.807, 2.05) is 0 Å². The van der Waals surface area contributed by atoms with Crippen molar-refractivity contribution in [3.05, 3.63) is 12.2 Å². The fourth-order valence-corrected chi connectivity index (χ4v) is 4.96. The zero-order valence-corrected chi connectivity index (χ0v) is 11.1. The lowest BCUT2D eigenvalue weighted by Gasteiger charge is -2.57. The van der Waals surface area contributed by atoms with Crippen molar-refractivity contribution < 1.29 is 19.1 Å². The molecule has 19 heavy (non-hydrogen) atoms. The minimum absolute atomic E-state index is 0.0655. The highest BCUT2D eigenvalue weighted by molar-refractivity contribution is 5.87. The quantitative estimate of drug-likeness (QED) is 0.563. The average Bonchev–Trinajstić information content (AvgIpc) is 2.57. The first-order valence-corrected chi connectivity index (χ1v) is 7.08. The molecule has 0 aromatic heterocycles. The van der Waals surface area contributed by atoms with Crippen molar-refractivity contribution in [2.45, 2.75) is 44.8 Å². The Kier molecular flexibility index (Phi) is 2.06. The van der Waals surface area contributed by atoms with E-state index in [-0.39, 0.29) is 35.5 Å². The van der Waals surface area contributed by atoms with Crippen LogP contribution in [0.3, 0.4) is 0 Å². The Balaban J connectivity index is 1.63. The molecule has 0 amide bonds. The Bertz CT molecular complexity index is 496. The lowest BCUT2D eigenvalue weighted by atomic mass is 9.50. The molecule has 0 aromatic rings. The summed E-state index contributed by atoms with van der Waals surface area (Å²) in [5.74, 6) is 0.704. The van der Waals surface area contributed by atoms with Crippen LogP contribution in [0.15, 0.2) is 12.2 Å². The Morgan fingerprint density at radius 3 is 2.95 bits per heavy atom. The van der Waals surface area contributed by atoms with Crippen molar-refractivity contribution in [3.8, 4) is 0 Å². The van der Waals surface area contributed by atoms with Crippen LogP contribution in [0, 0.1) is 23.2 Å². The molecular formula is C15H18O4. The average molecular weight is 262 g/mol. The molecule has 3 bridgehead atoms. The zero-order valence-electron chi connectivity index (χ0n) is 11.1. The summed E-state index contributed by atoms with van der Waals surface area (Å²) in [4.78, 5) is 23.8. The summed E-state index contributed by atoms with van der Waals surface area (Å²) in [7, 11) is 0. The largest absolute Gasteiger partial charge is 0.458 e. The van der Waals surface area contributed by atoms with Crippen molar-refractivity contribution >= 4 is 11.9 Å². The highest BCUT2D eigenvalue weighted by atomic mass is 16.6. The summed E-state index contributed by atoms with van der Waals surface area (Å²) in [6, 6.07) is 0. The van der Waals surface area contributed by atoms with Crippen molar-refractivity contribution in [3.63, 3.8) is 0 Å². The van der Waals surface area contributed by atoms with E-state index in [1.165, 1.54) is 0 Å². The van der Waals surface area contributed by atoms with E-state index < -0.39 is 0 Å². The van der Waals surface area contributed by atoms with Gasteiger partial charge in [0.15, 0.2) is 0 Å². The molecule has 0 radical (unpaired) electrons. The number of carbonyl (C=O) groups is 2. The Hall–Kier alpha value is -1.32. The monoisotopic (exact) mass is 262 g/mol. The van der Waals surface area contributed by atoms with Gasteiger partial charge in [-0.3, -0.25) is 4.79 Å². The first kappa shape index (κ1) is 11.5. The number of ether oxygens (including phenoxy) is 2. The number of fused-ring (bicyclic) bond motifs is 2. The molecule has 102 valence electrons. The van der Waals surface area contributed by atoms with Gasteiger partial charge < -0.3 is 9.47 Å². The van der Waals surface area contributed by atoms with E-state index in [4.69, 9.17) is 9.47 Å². The number of hydrogen-bond acceptors (Lipinski definition) is 4. The number of rotatable bonds is 2. The van der Waals surface area contributed by atoms with Gasteiger partial charge in [-0.25, -0.2) is 4.79 Å². The topological polar surface area (TPSA) is 52.6 Å². The maximum atomic E-state index is 12.0. The molecule has 4 heteroatoms. The van der Waals surface area contributed by atoms with Crippen LogP contribution in [0.5, 0.6) is 0 Å². The van der Waals surface area contributed by atoms with Crippen molar-refractivity contribution in [1.29, 1.82) is 0 Å².